The summed E-state index contributed by atoms with van der Waals surface area (Å²) < 4.78 is 32.3. The molecule has 0 aliphatic rings. The molecule has 0 saturated heterocycles. The van der Waals surface area contributed by atoms with Crippen LogP contribution in [0.15, 0.2) is 40.6 Å². The molecule has 2 rings (SSSR count). The van der Waals surface area contributed by atoms with Gasteiger partial charge in [0.05, 0.1) is 7.11 Å². The minimum atomic E-state index is -3.84. The number of aryl methyl sites for hydroxylation is 1. The lowest BCUT2D eigenvalue weighted by atomic mass is 10.1. The summed E-state index contributed by atoms with van der Waals surface area (Å²) in [6.45, 7) is 2.20. The van der Waals surface area contributed by atoms with E-state index in [-0.39, 0.29) is 9.77 Å². The van der Waals surface area contributed by atoms with Crippen molar-refractivity contribution in [2.45, 2.75) is 50.3 Å². The quantitative estimate of drug-likeness (QED) is 0.461. The van der Waals surface area contributed by atoms with Crippen LogP contribution in [0.3, 0.4) is 0 Å². The highest BCUT2D eigenvalue weighted by atomic mass is 32.2. The zero-order valence-electron chi connectivity index (χ0n) is 15.2. The van der Waals surface area contributed by atoms with Crippen LogP contribution in [0.1, 0.15) is 54.3 Å². The molecule has 5 nitrogen and oxygen atoms in total. The van der Waals surface area contributed by atoms with Gasteiger partial charge in [0.25, 0.3) is 10.0 Å². The summed E-state index contributed by atoms with van der Waals surface area (Å²) in [6, 6.07) is 8.79. The molecule has 0 atom stereocenters. The number of hydrogen-bond acceptors (Lipinski definition) is 5. The van der Waals surface area contributed by atoms with Gasteiger partial charge in [-0.05, 0) is 42.0 Å². The van der Waals surface area contributed by atoms with Crippen molar-refractivity contribution in [1.82, 2.24) is 0 Å². The van der Waals surface area contributed by atoms with E-state index in [1.54, 1.807) is 17.5 Å². The van der Waals surface area contributed by atoms with Crippen LogP contribution in [-0.4, -0.2) is 21.5 Å². The molecular formula is C19H25NO4S2. The molecule has 0 spiro atoms. The second-order valence-corrected chi connectivity index (χ2v) is 8.64. The number of benzene rings is 1. The van der Waals surface area contributed by atoms with Crippen LogP contribution in [-0.2, 0) is 21.2 Å². The Morgan fingerprint density at radius 2 is 1.77 bits per heavy atom. The van der Waals surface area contributed by atoms with Gasteiger partial charge in [0, 0.05) is 5.69 Å². The molecule has 0 aliphatic heterocycles. The number of sulfonamides is 1. The average Bonchev–Trinajstić information content (AvgIpc) is 3.13. The smallest absolute Gasteiger partial charge is 0.349 e. The molecule has 0 aliphatic carbocycles. The highest BCUT2D eigenvalue weighted by Gasteiger charge is 2.24. The molecule has 0 unspecified atom stereocenters. The van der Waals surface area contributed by atoms with Gasteiger partial charge in [-0.1, -0.05) is 44.7 Å². The predicted molar refractivity (Wildman–Crippen MR) is 105 cm³/mol. The number of hydrogen-bond donors (Lipinski definition) is 1. The fourth-order valence-corrected chi connectivity index (χ4v) is 5.03. The third-order valence-electron chi connectivity index (χ3n) is 4.06. The molecule has 0 radical (unpaired) electrons. The maximum Gasteiger partial charge on any atom is 0.349 e. The molecular weight excluding hydrogens is 370 g/mol. The van der Waals surface area contributed by atoms with Crippen LogP contribution in [0.25, 0.3) is 0 Å². The van der Waals surface area contributed by atoms with E-state index in [1.165, 1.54) is 44.4 Å². The summed E-state index contributed by atoms with van der Waals surface area (Å²) >= 11 is 1.04. The number of unbranched alkanes of at least 4 members (excludes halogenated alkanes) is 4. The summed E-state index contributed by atoms with van der Waals surface area (Å²) in [4.78, 5) is 11.7. The van der Waals surface area contributed by atoms with Gasteiger partial charge < -0.3 is 4.74 Å². The first-order valence-corrected chi connectivity index (χ1v) is 11.1. The van der Waals surface area contributed by atoms with Crippen molar-refractivity contribution in [3.05, 3.63) is 46.2 Å². The molecule has 0 saturated carbocycles. The third kappa shape index (κ3) is 5.57. The fourth-order valence-electron chi connectivity index (χ4n) is 2.63. The predicted octanol–water partition coefficient (Wildman–Crippen LogP) is 4.85. The topological polar surface area (TPSA) is 72.5 Å². The fraction of sp³-hybridized carbons (Fsp3) is 0.421. The van der Waals surface area contributed by atoms with Gasteiger partial charge in [-0.3, -0.25) is 4.72 Å². The normalized spacial score (nSPS) is 11.3. The van der Waals surface area contributed by atoms with Gasteiger partial charge in [-0.25, -0.2) is 13.2 Å². The van der Waals surface area contributed by atoms with E-state index in [0.29, 0.717) is 5.69 Å². The molecule has 0 amide bonds. The van der Waals surface area contributed by atoms with E-state index in [9.17, 15) is 13.2 Å². The average molecular weight is 396 g/mol. The second kappa shape index (κ2) is 9.73. The number of esters is 1. The largest absolute Gasteiger partial charge is 0.465 e. The molecule has 1 aromatic carbocycles. The SMILES string of the molecule is CCCCCCCc1ccc(NS(=O)(=O)c2ccsc2C(=O)OC)cc1. The first-order chi connectivity index (χ1) is 12.5. The van der Waals surface area contributed by atoms with E-state index < -0.39 is 16.0 Å². The lowest BCUT2D eigenvalue weighted by Gasteiger charge is -2.09. The number of rotatable bonds is 10. The molecule has 1 aromatic heterocycles. The monoisotopic (exact) mass is 395 g/mol. The Balaban J connectivity index is 2.00. The van der Waals surface area contributed by atoms with Crippen LogP contribution in [0.5, 0.6) is 0 Å². The van der Waals surface area contributed by atoms with Gasteiger partial charge in [0.15, 0.2) is 0 Å². The number of methoxy groups -OCH3 is 1. The summed E-state index contributed by atoms with van der Waals surface area (Å²) in [5.74, 6) is -0.654. The number of carbonyl (C=O) groups excluding carboxylic acids is 1. The minimum Gasteiger partial charge on any atom is -0.465 e. The van der Waals surface area contributed by atoms with Crippen molar-refractivity contribution >= 4 is 33.0 Å². The Labute approximate surface area is 159 Å². The van der Waals surface area contributed by atoms with Crippen LogP contribution >= 0.6 is 11.3 Å². The Morgan fingerprint density at radius 3 is 2.42 bits per heavy atom. The lowest BCUT2D eigenvalue weighted by Crippen LogP contribution is -2.15. The van der Waals surface area contributed by atoms with Crippen LogP contribution < -0.4 is 4.72 Å². The van der Waals surface area contributed by atoms with Gasteiger partial charge in [0.1, 0.15) is 9.77 Å². The van der Waals surface area contributed by atoms with Crippen molar-refractivity contribution in [3.63, 3.8) is 0 Å². The Kier molecular flexibility index (Phi) is 7.66. The van der Waals surface area contributed by atoms with Gasteiger partial charge >= 0.3 is 5.97 Å². The summed E-state index contributed by atoms with van der Waals surface area (Å²) in [7, 11) is -2.61. The molecule has 2 aromatic rings. The van der Waals surface area contributed by atoms with Gasteiger partial charge in [0.2, 0.25) is 0 Å². The molecule has 142 valence electrons. The Morgan fingerprint density at radius 1 is 1.08 bits per heavy atom. The molecule has 0 bridgehead atoms. The summed E-state index contributed by atoms with van der Waals surface area (Å²) in [5, 5.41) is 1.56. The first-order valence-electron chi connectivity index (χ1n) is 8.75. The van der Waals surface area contributed by atoms with E-state index in [0.717, 1.165) is 24.2 Å². The molecule has 7 heteroatoms. The number of nitrogens with one attached hydrogen (secondary N) is 1. The summed E-state index contributed by atoms with van der Waals surface area (Å²) in [5.41, 5.74) is 1.66. The molecule has 26 heavy (non-hydrogen) atoms. The molecule has 0 fully saturated rings. The van der Waals surface area contributed by atoms with Crippen molar-refractivity contribution in [1.29, 1.82) is 0 Å². The standard InChI is InChI=1S/C19H25NO4S2/c1-3-4-5-6-7-8-15-9-11-16(12-10-15)20-26(22,23)17-13-14-25-18(17)19(21)24-2/h9-14,20H,3-8H2,1-2H3. The third-order valence-corrected chi connectivity index (χ3v) is 6.51. The molecule has 1 N–H and O–H groups in total. The highest BCUT2D eigenvalue weighted by molar-refractivity contribution is 7.93. The van der Waals surface area contributed by atoms with E-state index in [2.05, 4.69) is 16.4 Å². The van der Waals surface area contributed by atoms with Crippen LogP contribution in [0.2, 0.25) is 0 Å². The van der Waals surface area contributed by atoms with Gasteiger partial charge in [-0.2, -0.15) is 0 Å². The highest BCUT2D eigenvalue weighted by Crippen LogP contribution is 2.25. The maximum atomic E-state index is 12.5. The van der Waals surface area contributed by atoms with Crippen LogP contribution in [0, 0.1) is 0 Å². The first kappa shape index (κ1) is 20.5. The van der Waals surface area contributed by atoms with Crippen molar-refractivity contribution < 1.29 is 17.9 Å². The van der Waals surface area contributed by atoms with E-state index in [4.69, 9.17) is 0 Å². The Hall–Kier alpha value is -1.86. The van der Waals surface area contributed by atoms with Gasteiger partial charge in [-0.15, -0.1) is 11.3 Å². The number of anilines is 1. The van der Waals surface area contributed by atoms with Crippen LogP contribution in [0.4, 0.5) is 5.69 Å². The second-order valence-electron chi connectivity index (χ2n) is 6.07. The van der Waals surface area contributed by atoms with E-state index >= 15 is 0 Å². The van der Waals surface area contributed by atoms with Crippen molar-refractivity contribution in [2.24, 2.45) is 0 Å². The maximum absolute atomic E-state index is 12.5. The van der Waals surface area contributed by atoms with E-state index in [1.807, 2.05) is 12.1 Å². The number of thiophene rings is 1. The van der Waals surface area contributed by atoms with Crippen molar-refractivity contribution in [2.75, 3.05) is 11.8 Å². The zero-order chi connectivity index (χ0) is 19.0. The lowest BCUT2D eigenvalue weighted by molar-refractivity contribution is 0.0602. The number of ether oxygens (including phenoxy) is 1. The number of carbonyl (C=O) groups is 1. The molecule has 1 heterocycles. The zero-order valence-corrected chi connectivity index (χ0v) is 16.8. The minimum absolute atomic E-state index is 0.0608. The Bertz CT molecular complexity index is 810. The summed E-state index contributed by atoms with van der Waals surface area (Å²) in [6.07, 6.45) is 7.12. The van der Waals surface area contributed by atoms with Crippen molar-refractivity contribution in [3.8, 4) is 0 Å².